The molecule has 20 heavy (non-hydrogen) atoms. The zero-order valence-electron chi connectivity index (χ0n) is 11.3. The highest BCUT2D eigenvalue weighted by molar-refractivity contribution is 9.10. The highest BCUT2D eigenvalue weighted by Crippen LogP contribution is 2.28. The van der Waals surface area contributed by atoms with Crippen molar-refractivity contribution in [2.45, 2.75) is 20.8 Å². The summed E-state index contributed by atoms with van der Waals surface area (Å²) in [6, 6.07) is 6.09. The van der Waals surface area contributed by atoms with Gasteiger partial charge in [-0.05, 0) is 38.5 Å². The van der Waals surface area contributed by atoms with E-state index in [1.807, 2.05) is 43.4 Å². The molecule has 0 bridgehead atoms. The minimum absolute atomic E-state index is 0.375. The Balaban J connectivity index is 2.41. The standard InChI is InChI=1S/C14H12BrClN4/c1-7-4-5-10(15)6-11(7)13-18-19-14-12(16)17-8(2)9(3)20(13)14/h4-6H,1-3H3. The van der Waals surface area contributed by atoms with E-state index in [-0.39, 0.29) is 0 Å². The Morgan fingerprint density at radius 3 is 2.65 bits per heavy atom. The first kappa shape index (κ1) is 13.5. The Kier molecular flexibility index (Phi) is 3.26. The summed E-state index contributed by atoms with van der Waals surface area (Å²) in [7, 11) is 0. The molecule has 0 spiro atoms. The zero-order chi connectivity index (χ0) is 14.4. The van der Waals surface area contributed by atoms with Gasteiger partial charge in [-0.25, -0.2) is 4.98 Å². The Bertz CT molecular complexity index is 826. The van der Waals surface area contributed by atoms with Crippen LogP contribution in [0.2, 0.25) is 5.15 Å². The second-order valence-electron chi connectivity index (χ2n) is 4.72. The SMILES string of the molecule is Cc1ccc(Br)cc1-c1nnc2c(Cl)nc(C)c(C)n12. The summed E-state index contributed by atoms with van der Waals surface area (Å²) in [5.74, 6) is 0.781. The lowest BCUT2D eigenvalue weighted by Gasteiger charge is -2.09. The van der Waals surface area contributed by atoms with Gasteiger partial charge < -0.3 is 0 Å². The molecule has 0 amide bonds. The molecule has 2 aromatic heterocycles. The Morgan fingerprint density at radius 1 is 1.15 bits per heavy atom. The van der Waals surface area contributed by atoms with Gasteiger partial charge in [-0.15, -0.1) is 10.2 Å². The highest BCUT2D eigenvalue weighted by atomic mass is 79.9. The summed E-state index contributed by atoms with van der Waals surface area (Å²) in [6.45, 7) is 5.97. The zero-order valence-corrected chi connectivity index (χ0v) is 13.6. The topological polar surface area (TPSA) is 43.1 Å². The van der Waals surface area contributed by atoms with E-state index in [4.69, 9.17) is 11.6 Å². The predicted molar refractivity (Wildman–Crippen MR) is 83.1 cm³/mol. The molecule has 0 saturated carbocycles. The fourth-order valence-corrected chi connectivity index (χ4v) is 2.80. The number of hydrogen-bond donors (Lipinski definition) is 0. The van der Waals surface area contributed by atoms with Crippen LogP contribution in [-0.4, -0.2) is 19.6 Å². The van der Waals surface area contributed by atoms with Crippen LogP contribution in [0.15, 0.2) is 22.7 Å². The number of hydrogen-bond acceptors (Lipinski definition) is 3. The van der Waals surface area contributed by atoms with E-state index in [0.717, 1.165) is 32.8 Å². The molecule has 102 valence electrons. The normalized spacial score (nSPS) is 11.2. The molecular weight excluding hydrogens is 340 g/mol. The molecule has 3 rings (SSSR count). The number of fused-ring (bicyclic) bond motifs is 1. The minimum atomic E-state index is 0.375. The van der Waals surface area contributed by atoms with E-state index in [2.05, 4.69) is 31.1 Å². The van der Waals surface area contributed by atoms with Crippen molar-refractivity contribution in [1.82, 2.24) is 19.6 Å². The summed E-state index contributed by atoms with van der Waals surface area (Å²) in [6.07, 6.45) is 0. The fraction of sp³-hybridized carbons (Fsp3) is 0.214. The molecule has 0 atom stereocenters. The van der Waals surface area contributed by atoms with Crippen LogP contribution in [0.3, 0.4) is 0 Å². The van der Waals surface area contributed by atoms with Gasteiger partial charge in [0.1, 0.15) is 0 Å². The maximum atomic E-state index is 6.16. The number of benzene rings is 1. The van der Waals surface area contributed by atoms with Crippen LogP contribution < -0.4 is 0 Å². The van der Waals surface area contributed by atoms with Gasteiger partial charge in [0.05, 0.1) is 5.69 Å². The molecular formula is C14H12BrClN4. The van der Waals surface area contributed by atoms with Crippen molar-refractivity contribution in [3.05, 3.63) is 44.8 Å². The molecule has 0 fully saturated rings. The molecule has 0 aliphatic carbocycles. The molecule has 0 unspecified atom stereocenters. The summed E-state index contributed by atoms with van der Waals surface area (Å²) < 4.78 is 2.96. The van der Waals surface area contributed by atoms with Crippen molar-refractivity contribution in [2.75, 3.05) is 0 Å². The lowest BCUT2D eigenvalue weighted by molar-refractivity contribution is 0.998. The van der Waals surface area contributed by atoms with E-state index in [1.165, 1.54) is 0 Å². The van der Waals surface area contributed by atoms with E-state index >= 15 is 0 Å². The van der Waals surface area contributed by atoms with Crippen LogP contribution in [0.1, 0.15) is 17.0 Å². The number of aromatic nitrogens is 4. The van der Waals surface area contributed by atoms with E-state index in [1.54, 1.807) is 0 Å². The first-order chi connectivity index (χ1) is 9.49. The minimum Gasteiger partial charge on any atom is -0.275 e. The van der Waals surface area contributed by atoms with Crippen molar-refractivity contribution < 1.29 is 0 Å². The van der Waals surface area contributed by atoms with Crippen LogP contribution in [0.5, 0.6) is 0 Å². The van der Waals surface area contributed by atoms with Crippen LogP contribution in [-0.2, 0) is 0 Å². The van der Waals surface area contributed by atoms with Crippen molar-refractivity contribution in [3.8, 4) is 11.4 Å². The maximum Gasteiger partial charge on any atom is 0.199 e. The monoisotopic (exact) mass is 350 g/mol. The summed E-state index contributed by atoms with van der Waals surface area (Å²) in [4.78, 5) is 4.28. The number of nitrogens with zero attached hydrogens (tertiary/aromatic N) is 4. The average Bonchev–Trinajstić information content (AvgIpc) is 2.84. The van der Waals surface area contributed by atoms with Gasteiger partial charge in [0, 0.05) is 15.7 Å². The van der Waals surface area contributed by atoms with Crippen LogP contribution in [0.4, 0.5) is 0 Å². The van der Waals surface area contributed by atoms with Gasteiger partial charge in [0.15, 0.2) is 16.6 Å². The van der Waals surface area contributed by atoms with Gasteiger partial charge >= 0.3 is 0 Å². The fourth-order valence-electron chi connectivity index (χ4n) is 2.19. The van der Waals surface area contributed by atoms with Crippen molar-refractivity contribution >= 4 is 33.2 Å². The predicted octanol–water partition coefficient (Wildman–Crippen LogP) is 4.13. The van der Waals surface area contributed by atoms with Gasteiger partial charge in [0.2, 0.25) is 0 Å². The van der Waals surface area contributed by atoms with Crippen LogP contribution >= 0.6 is 27.5 Å². The Hall–Kier alpha value is -1.46. The molecule has 0 aliphatic heterocycles. The van der Waals surface area contributed by atoms with E-state index < -0.39 is 0 Å². The van der Waals surface area contributed by atoms with E-state index in [9.17, 15) is 0 Å². The molecule has 0 aliphatic rings. The summed E-state index contributed by atoms with van der Waals surface area (Å²) in [5, 5.41) is 8.84. The molecule has 0 saturated heterocycles. The lowest BCUT2D eigenvalue weighted by atomic mass is 10.1. The van der Waals surface area contributed by atoms with Gasteiger partial charge in [0.25, 0.3) is 0 Å². The Morgan fingerprint density at radius 2 is 1.90 bits per heavy atom. The third kappa shape index (κ3) is 2.01. The lowest BCUT2D eigenvalue weighted by Crippen LogP contribution is -2.01. The van der Waals surface area contributed by atoms with Crippen molar-refractivity contribution in [2.24, 2.45) is 0 Å². The first-order valence-corrected chi connectivity index (χ1v) is 7.30. The Labute approximate surface area is 129 Å². The molecule has 1 aromatic carbocycles. The third-order valence-electron chi connectivity index (χ3n) is 3.41. The quantitative estimate of drug-likeness (QED) is 0.662. The number of aryl methyl sites for hydroxylation is 3. The van der Waals surface area contributed by atoms with Gasteiger partial charge in [-0.3, -0.25) is 4.40 Å². The molecule has 0 radical (unpaired) electrons. The second kappa shape index (κ2) is 4.82. The molecule has 4 nitrogen and oxygen atoms in total. The number of rotatable bonds is 1. The molecule has 3 aromatic rings. The average molecular weight is 352 g/mol. The molecule has 6 heteroatoms. The van der Waals surface area contributed by atoms with E-state index in [0.29, 0.717) is 10.8 Å². The first-order valence-electron chi connectivity index (χ1n) is 6.13. The molecule has 0 N–H and O–H groups in total. The number of halogens is 2. The van der Waals surface area contributed by atoms with Crippen LogP contribution in [0.25, 0.3) is 17.0 Å². The third-order valence-corrected chi connectivity index (χ3v) is 4.16. The van der Waals surface area contributed by atoms with Crippen molar-refractivity contribution in [1.29, 1.82) is 0 Å². The van der Waals surface area contributed by atoms with Crippen molar-refractivity contribution in [3.63, 3.8) is 0 Å². The summed E-state index contributed by atoms with van der Waals surface area (Å²) >= 11 is 9.66. The second-order valence-corrected chi connectivity index (χ2v) is 5.99. The van der Waals surface area contributed by atoms with Gasteiger partial charge in [-0.1, -0.05) is 33.6 Å². The van der Waals surface area contributed by atoms with Gasteiger partial charge in [-0.2, -0.15) is 0 Å². The molecule has 2 heterocycles. The highest BCUT2D eigenvalue weighted by Gasteiger charge is 2.16. The smallest absolute Gasteiger partial charge is 0.199 e. The van der Waals surface area contributed by atoms with Crippen LogP contribution in [0, 0.1) is 20.8 Å². The summed E-state index contributed by atoms with van der Waals surface area (Å²) in [5.41, 5.74) is 4.60. The maximum absolute atomic E-state index is 6.16. The largest absolute Gasteiger partial charge is 0.275 e.